The Balaban J connectivity index is 1.88. The van der Waals surface area contributed by atoms with Crippen molar-refractivity contribution in [2.45, 2.75) is 0 Å². The van der Waals surface area contributed by atoms with Gasteiger partial charge in [-0.1, -0.05) is 12.1 Å². The summed E-state index contributed by atoms with van der Waals surface area (Å²) in [6.07, 6.45) is 5.16. The van der Waals surface area contributed by atoms with Gasteiger partial charge < -0.3 is 9.72 Å². The fourth-order valence-electron chi connectivity index (χ4n) is 1.84. The molecular weight excluding hydrogens is 245 g/mol. The molecule has 3 rings (SSSR count). The van der Waals surface area contributed by atoms with E-state index in [9.17, 15) is 9.18 Å². The molecule has 3 aromatic rings. The molecule has 0 unspecified atom stereocenters. The molecule has 1 aromatic carbocycles. The molecule has 0 spiro atoms. The van der Waals surface area contributed by atoms with E-state index in [2.05, 4.69) is 10.3 Å². The fourth-order valence-corrected chi connectivity index (χ4v) is 1.84. The van der Waals surface area contributed by atoms with Crippen LogP contribution >= 0.6 is 0 Å². The van der Waals surface area contributed by atoms with E-state index in [1.807, 2.05) is 0 Å². The predicted octanol–water partition coefficient (Wildman–Crippen LogP) is 2.73. The molecule has 1 N–H and O–H groups in total. The number of nitrogens with zero attached hydrogens (tertiary/aromatic N) is 2. The first kappa shape index (κ1) is 11.4. The van der Waals surface area contributed by atoms with Gasteiger partial charge in [-0.05, 0) is 24.3 Å². The van der Waals surface area contributed by atoms with Crippen LogP contribution in [0.15, 0.2) is 55.0 Å². The Morgan fingerprint density at radius 1 is 1.21 bits per heavy atom. The Morgan fingerprint density at radius 2 is 2.05 bits per heavy atom. The Hall–Kier alpha value is -2.69. The van der Waals surface area contributed by atoms with Crippen molar-refractivity contribution in [3.8, 4) is 0 Å². The van der Waals surface area contributed by atoms with Gasteiger partial charge in [-0.25, -0.2) is 9.37 Å². The number of carbonyl (C=O) groups is 1. The first-order valence-electron chi connectivity index (χ1n) is 5.72. The second kappa shape index (κ2) is 4.53. The molecule has 0 saturated heterocycles. The van der Waals surface area contributed by atoms with E-state index < -0.39 is 11.7 Å². The average molecular weight is 255 g/mol. The van der Waals surface area contributed by atoms with E-state index >= 15 is 0 Å². The molecule has 0 saturated carbocycles. The molecule has 2 aromatic heterocycles. The highest BCUT2D eigenvalue weighted by molar-refractivity contribution is 6.04. The van der Waals surface area contributed by atoms with Crippen LogP contribution in [0.3, 0.4) is 0 Å². The minimum absolute atomic E-state index is 0.0215. The smallest absolute Gasteiger partial charge is 0.258 e. The van der Waals surface area contributed by atoms with Crippen LogP contribution in [0.1, 0.15) is 10.4 Å². The molecule has 19 heavy (non-hydrogen) atoms. The summed E-state index contributed by atoms with van der Waals surface area (Å²) < 4.78 is 15.2. The molecule has 0 atom stereocenters. The fraction of sp³-hybridized carbons (Fsp3) is 0. The quantitative estimate of drug-likeness (QED) is 0.765. The standard InChI is InChI=1S/C14H10FN3O/c15-12-4-2-1-3-11(12)14(19)17-10-5-6-13-16-7-8-18(13)9-10/h1-9H,(H,17,19). The van der Waals surface area contributed by atoms with Crippen LogP contribution in [0, 0.1) is 5.82 Å². The lowest BCUT2D eigenvalue weighted by Gasteiger charge is -2.06. The van der Waals surface area contributed by atoms with Crippen molar-refractivity contribution in [3.05, 3.63) is 66.4 Å². The van der Waals surface area contributed by atoms with Crippen LogP contribution in [-0.2, 0) is 0 Å². The zero-order valence-corrected chi connectivity index (χ0v) is 9.88. The molecule has 0 aliphatic rings. The van der Waals surface area contributed by atoms with Gasteiger partial charge in [0.25, 0.3) is 5.91 Å². The van der Waals surface area contributed by atoms with Gasteiger partial charge in [0.15, 0.2) is 0 Å². The highest BCUT2D eigenvalue weighted by Gasteiger charge is 2.11. The molecule has 0 aliphatic carbocycles. The molecule has 94 valence electrons. The SMILES string of the molecule is O=C(Nc1ccc2nccn2c1)c1ccccc1F. The number of rotatable bonds is 2. The molecule has 0 aliphatic heterocycles. The normalized spacial score (nSPS) is 10.6. The maximum absolute atomic E-state index is 13.5. The number of hydrogen-bond acceptors (Lipinski definition) is 2. The molecule has 1 amide bonds. The molecule has 0 radical (unpaired) electrons. The summed E-state index contributed by atoms with van der Waals surface area (Å²) in [4.78, 5) is 16.0. The van der Waals surface area contributed by atoms with Crippen LogP contribution in [-0.4, -0.2) is 15.3 Å². The lowest BCUT2D eigenvalue weighted by molar-refractivity contribution is 0.102. The van der Waals surface area contributed by atoms with Gasteiger partial charge in [0.1, 0.15) is 11.5 Å². The van der Waals surface area contributed by atoms with Gasteiger partial charge in [-0.3, -0.25) is 4.79 Å². The summed E-state index contributed by atoms with van der Waals surface area (Å²) in [5, 5.41) is 2.65. The number of fused-ring (bicyclic) bond motifs is 1. The third kappa shape index (κ3) is 2.18. The van der Waals surface area contributed by atoms with E-state index in [1.165, 1.54) is 12.1 Å². The number of anilines is 1. The molecule has 0 fully saturated rings. The van der Waals surface area contributed by atoms with Crippen molar-refractivity contribution in [2.75, 3.05) is 5.32 Å². The third-order valence-electron chi connectivity index (χ3n) is 2.77. The lowest BCUT2D eigenvalue weighted by atomic mass is 10.2. The second-order valence-electron chi connectivity index (χ2n) is 4.04. The number of nitrogens with one attached hydrogen (secondary N) is 1. The number of benzene rings is 1. The van der Waals surface area contributed by atoms with E-state index in [4.69, 9.17) is 0 Å². The van der Waals surface area contributed by atoms with Crippen molar-refractivity contribution in [1.82, 2.24) is 9.38 Å². The molecular formula is C14H10FN3O. The number of aromatic nitrogens is 2. The van der Waals surface area contributed by atoms with E-state index in [1.54, 1.807) is 47.3 Å². The van der Waals surface area contributed by atoms with E-state index in [-0.39, 0.29) is 5.56 Å². The number of hydrogen-bond donors (Lipinski definition) is 1. The van der Waals surface area contributed by atoms with Crippen LogP contribution in [0.2, 0.25) is 0 Å². The Labute approximate surface area is 108 Å². The van der Waals surface area contributed by atoms with Crippen molar-refractivity contribution < 1.29 is 9.18 Å². The summed E-state index contributed by atoms with van der Waals surface area (Å²) in [5.41, 5.74) is 1.39. The zero-order valence-electron chi connectivity index (χ0n) is 9.88. The van der Waals surface area contributed by atoms with Gasteiger partial charge >= 0.3 is 0 Å². The lowest BCUT2D eigenvalue weighted by Crippen LogP contribution is -2.13. The molecule has 2 heterocycles. The monoisotopic (exact) mass is 255 g/mol. The molecule has 5 heteroatoms. The van der Waals surface area contributed by atoms with Crippen LogP contribution in [0.25, 0.3) is 5.65 Å². The average Bonchev–Trinajstić information content (AvgIpc) is 2.86. The van der Waals surface area contributed by atoms with Gasteiger partial charge in [-0.15, -0.1) is 0 Å². The number of halogens is 1. The Bertz CT molecular complexity index is 751. The van der Waals surface area contributed by atoms with Crippen LogP contribution < -0.4 is 5.32 Å². The first-order valence-corrected chi connectivity index (χ1v) is 5.72. The Kier molecular flexibility index (Phi) is 2.72. The summed E-state index contributed by atoms with van der Waals surface area (Å²) in [5.74, 6) is -1.01. The van der Waals surface area contributed by atoms with Gasteiger partial charge in [-0.2, -0.15) is 0 Å². The van der Waals surface area contributed by atoms with Gasteiger partial charge in [0, 0.05) is 18.6 Å². The van der Waals surface area contributed by atoms with Crippen molar-refractivity contribution in [1.29, 1.82) is 0 Å². The maximum Gasteiger partial charge on any atom is 0.258 e. The van der Waals surface area contributed by atoms with Crippen molar-refractivity contribution >= 4 is 17.2 Å². The van der Waals surface area contributed by atoms with Gasteiger partial charge in [0.05, 0.1) is 11.3 Å². The molecule has 4 nitrogen and oxygen atoms in total. The summed E-state index contributed by atoms with van der Waals surface area (Å²) >= 11 is 0. The highest BCUT2D eigenvalue weighted by Crippen LogP contribution is 2.13. The number of carbonyl (C=O) groups excluding carboxylic acids is 1. The topological polar surface area (TPSA) is 46.4 Å². The number of amides is 1. The van der Waals surface area contributed by atoms with Crippen LogP contribution in [0.5, 0.6) is 0 Å². The minimum Gasteiger partial charge on any atom is -0.321 e. The van der Waals surface area contributed by atoms with E-state index in [0.717, 1.165) is 5.65 Å². The highest BCUT2D eigenvalue weighted by atomic mass is 19.1. The second-order valence-corrected chi connectivity index (χ2v) is 4.04. The van der Waals surface area contributed by atoms with Crippen molar-refractivity contribution in [2.24, 2.45) is 0 Å². The predicted molar refractivity (Wildman–Crippen MR) is 69.5 cm³/mol. The minimum atomic E-state index is -0.538. The van der Waals surface area contributed by atoms with Crippen LogP contribution in [0.4, 0.5) is 10.1 Å². The van der Waals surface area contributed by atoms with Gasteiger partial charge in [0.2, 0.25) is 0 Å². The van der Waals surface area contributed by atoms with E-state index in [0.29, 0.717) is 5.69 Å². The summed E-state index contributed by atoms with van der Waals surface area (Å²) in [6.45, 7) is 0. The largest absolute Gasteiger partial charge is 0.321 e. The maximum atomic E-state index is 13.5. The number of imidazole rings is 1. The zero-order chi connectivity index (χ0) is 13.2. The molecule has 0 bridgehead atoms. The third-order valence-corrected chi connectivity index (χ3v) is 2.77. The van der Waals surface area contributed by atoms with Crippen molar-refractivity contribution in [3.63, 3.8) is 0 Å². The Morgan fingerprint density at radius 3 is 2.89 bits per heavy atom. The summed E-state index contributed by atoms with van der Waals surface area (Å²) in [6, 6.07) is 9.37. The number of pyridine rings is 1. The first-order chi connectivity index (χ1) is 9.24. The summed E-state index contributed by atoms with van der Waals surface area (Å²) in [7, 11) is 0.